The van der Waals surface area contributed by atoms with Gasteiger partial charge in [-0.25, -0.2) is 17.5 Å². The maximum atomic E-state index is 13.3. The molecule has 1 heterocycles. The van der Waals surface area contributed by atoms with E-state index in [0.29, 0.717) is 18.9 Å². The van der Waals surface area contributed by atoms with Gasteiger partial charge in [0, 0.05) is 19.5 Å². The molecule has 0 saturated heterocycles. The first-order chi connectivity index (χ1) is 16.2. The Hall–Kier alpha value is -3.18. The fraction of sp³-hybridized carbons (Fsp3) is 0.391. The molecule has 9 nitrogen and oxygen atoms in total. The van der Waals surface area contributed by atoms with Crippen LogP contribution >= 0.6 is 0 Å². The Labute approximate surface area is 199 Å². The molecular formula is C23H29FN6O3S. The molecule has 0 radical (unpaired) electrons. The van der Waals surface area contributed by atoms with Crippen molar-refractivity contribution in [3.63, 3.8) is 0 Å². The summed E-state index contributed by atoms with van der Waals surface area (Å²) in [4.78, 5) is 13.4. The van der Waals surface area contributed by atoms with Gasteiger partial charge in [0.05, 0.1) is 10.9 Å². The van der Waals surface area contributed by atoms with Crippen LogP contribution in [0.5, 0.6) is 0 Å². The molecule has 3 aromatic rings. The molecule has 2 atom stereocenters. The number of aromatic nitrogens is 4. The number of aryl methyl sites for hydroxylation is 1. The summed E-state index contributed by atoms with van der Waals surface area (Å²) >= 11 is 0. The molecule has 182 valence electrons. The zero-order valence-corrected chi connectivity index (χ0v) is 20.5. The van der Waals surface area contributed by atoms with E-state index in [9.17, 15) is 17.6 Å². The normalized spacial score (nSPS) is 13.6. The maximum absolute atomic E-state index is 13.3. The van der Waals surface area contributed by atoms with Crippen molar-refractivity contribution in [2.45, 2.75) is 51.1 Å². The SMILES string of the molecule is CCN(CC)S(=O)(=O)c1ccc(C(C)NC(=O)C(Cc2ccc(F)cc2)n2nnnc2C)cc1. The van der Waals surface area contributed by atoms with E-state index < -0.39 is 22.1 Å². The average Bonchev–Trinajstić information content (AvgIpc) is 3.24. The van der Waals surface area contributed by atoms with E-state index in [-0.39, 0.29) is 23.0 Å². The number of tetrazole rings is 1. The Balaban J connectivity index is 1.78. The Morgan fingerprint density at radius 2 is 1.71 bits per heavy atom. The van der Waals surface area contributed by atoms with Crippen LogP contribution in [0.25, 0.3) is 0 Å². The van der Waals surface area contributed by atoms with Gasteiger partial charge in [-0.05, 0) is 59.7 Å². The molecule has 0 aliphatic carbocycles. The first-order valence-corrected chi connectivity index (χ1v) is 12.5. The monoisotopic (exact) mass is 488 g/mol. The highest BCUT2D eigenvalue weighted by atomic mass is 32.2. The number of sulfonamides is 1. The fourth-order valence-corrected chi connectivity index (χ4v) is 5.15. The van der Waals surface area contributed by atoms with Gasteiger partial charge in [-0.2, -0.15) is 4.31 Å². The second-order valence-corrected chi connectivity index (χ2v) is 9.84. The van der Waals surface area contributed by atoms with Gasteiger partial charge in [-0.15, -0.1) is 5.10 Å². The molecule has 11 heteroatoms. The van der Waals surface area contributed by atoms with E-state index in [1.165, 1.54) is 21.1 Å². The van der Waals surface area contributed by atoms with Gasteiger partial charge in [0.15, 0.2) is 0 Å². The van der Waals surface area contributed by atoms with Crippen molar-refractivity contribution in [3.8, 4) is 0 Å². The number of benzene rings is 2. The van der Waals surface area contributed by atoms with Crippen LogP contribution in [0.2, 0.25) is 0 Å². The third kappa shape index (κ3) is 5.65. The molecule has 1 N–H and O–H groups in total. The molecule has 0 bridgehead atoms. The molecule has 2 aromatic carbocycles. The molecule has 0 aliphatic rings. The minimum Gasteiger partial charge on any atom is -0.348 e. The van der Waals surface area contributed by atoms with Crippen molar-refractivity contribution in [3.05, 3.63) is 71.3 Å². The highest BCUT2D eigenvalue weighted by Crippen LogP contribution is 2.21. The van der Waals surface area contributed by atoms with Crippen LogP contribution in [-0.2, 0) is 21.2 Å². The van der Waals surface area contributed by atoms with Crippen LogP contribution in [0, 0.1) is 12.7 Å². The van der Waals surface area contributed by atoms with Gasteiger partial charge in [0.1, 0.15) is 17.7 Å². The number of nitrogens with one attached hydrogen (secondary N) is 1. The van der Waals surface area contributed by atoms with Gasteiger partial charge in [-0.3, -0.25) is 4.79 Å². The first kappa shape index (κ1) is 25.4. The quantitative estimate of drug-likeness (QED) is 0.470. The summed E-state index contributed by atoms with van der Waals surface area (Å²) in [6, 6.07) is 11.3. The lowest BCUT2D eigenvalue weighted by atomic mass is 10.0. The number of amides is 1. The molecule has 3 rings (SSSR count). The second kappa shape index (κ2) is 10.8. The van der Waals surface area contributed by atoms with Gasteiger partial charge in [0.25, 0.3) is 0 Å². The van der Waals surface area contributed by atoms with Gasteiger partial charge >= 0.3 is 0 Å². The van der Waals surface area contributed by atoms with Crippen LogP contribution in [-0.4, -0.2) is 51.9 Å². The lowest BCUT2D eigenvalue weighted by Gasteiger charge is -2.22. The summed E-state index contributed by atoms with van der Waals surface area (Å²) in [6.07, 6.45) is 0.270. The lowest BCUT2D eigenvalue weighted by Crippen LogP contribution is -2.36. The molecule has 0 spiro atoms. The molecule has 34 heavy (non-hydrogen) atoms. The summed E-state index contributed by atoms with van der Waals surface area (Å²) in [5, 5.41) is 14.4. The van der Waals surface area contributed by atoms with Crippen LogP contribution in [0.1, 0.15) is 49.8 Å². The maximum Gasteiger partial charge on any atom is 0.245 e. The van der Waals surface area contributed by atoms with Crippen molar-refractivity contribution in [1.82, 2.24) is 29.8 Å². The van der Waals surface area contributed by atoms with E-state index in [4.69, 9.17) is 0 Å². The van der Waals surface area contributed by atoms with Crippen molar-refractivity contribution in [2.75, 3.05) is 13.1 Å². The van der Waals surface area contributed by atoms with Crippen molar-refractivity contribution >= 4 is 15.9 Å². The minimum atomic E-state index is -3.56. The number of halogens is 1. The summed E-state index contributed by atoms with van der Waals surface area (Å²) in [5.74, 6) is -0.198. The molecule has 0 fully saturated rings. The second-order valence-electron chi connectivity index (χ2n) is 7.91. The third-order valence-corrected chi connectivity index (χ3v) is 7.74. The van der Waals surface area contributed by atoms with E-state index in [1.54, 1.807) is 57.2 Å². The molecule has 1 amide bonds. The average molecular weight is 489 g/mol. The smallest absolute Gasteiger partial charge is 0.245 e. The molecular weight excluding hydrogens is 459 g/mol. The first-order valence-electron chi connectivity index (χ1n) is 11.1. The fourth-order valence-electron chi connectivity index (χ4n) is 3.69. The molecule has 1 aromatic heterocycles. The standard InChI is InChI=1S/C23H29FN6O3S/c1-5-29(6-2)34(32,33)21-13-9-19(10-14-21)16(3)25-23(31)22(30-17(4)26-27-28-30)15-18-7-11-20(24)12-8-18/h7-14,16,22H,5-6,15H2,1-4H3,(H,25,31). The van der Waals surface area contributed by atoms with Crippen LogP contribution < -0.4 is 5.32 Å². The van der Waals surface area contributed by atoms with E-state index in [0.717, 1.165) is 11.1 Å². The van der Waals surface area contributed by atoms with Crippen LogP contribution in [0.3, 0.4) is 0 Å². The zero-order chi connectivity index (χ0) is 24.9. The Bertz CT molecular complexity index is 1210. The van der Waals surface area contributed by atoms with Gasteiger partial charge < -0.3 is 5.32 Å². The van der Waals surface area contributed by atoms with E-state index >= 15 is 0 Å². The number of hydrogen-bond acceptors (Lipinski definition) is 6. The van der Waals surface area contributed by atoms with E-state index in [2.05, 4.69) is 20.8 Å². The molecule has 0 saturated carbocycles. The Morgan fingerprint density at radius 3 is 2.24 bits per heavy atom. The van der Waals surface area contributed by atoms with Crippen LogP contribution in [0.15, 0.2) is 53.4 Å². The predicted octanol–water partition coefficient (Wildman–Crippen LogP) is 2.81. The summed E-state index contributed by atoms with van der Waals surface area (Å²) in [5.41, 5.74) is 1.51. The molecule has 2 unspecified atom stereocenters. The summed E-state index contributed by atoms with van der Waals surface area (Å²) < 4.78 is 41.6. The number of rotatable bonds is 10. The van der Waals surface area contributed by atoms with Crippen LogP contribution in [0.4, 0.5) is 4.39 Å². The third-order valence-electron chi connectivity index (χ3n) is 5.68. The van der Waals surface area contributed by atoms with Gasteiger partial charge in [-0.1, -0.05) is 38.1 Å². The van der Waals surface area contributed by atoms with Gasteiger partial charge in [0.2, 0.25) is 15.9 Å². The highest BCUT2D eigenvalue weighted by Gasteiger charge is 2.26. The highest BCUT2D eigenvalue weighted by molar-refractivity contribution is 7.89. The zero-order valence-electron chi connectivity index (χ0n) is 19.6. The summed E-state index contributed by atoms with van der Waals surface area (Å²) in [7, 11) is -3.56. The number of carbonyl (C=O) groups excluding carboxylic acids is 1. The largest absolute Gasteiger partial charge is 0.348 e. The van der Waals surface area contributed by atoms with Crippen molar-refractivity contribution < 1.29 is 17.6 Å². The Kier molecular flexibility index (Phi) is 8.11. The minimum absolute atomic E-state index is 0.206. The Morgan fingerprint density at radius 1 is 1.09 bits per heavy atom. The number of nitrogens with zero attached hydrogens (tertiary/aromatic N) is 5. The molecule has 0 aliphatic heterocycles. The summed E-state index contributed by atoms with van der Waals surface area (Å²) in [6.45, 7) is 7.87. The van der Waals surface area contributed by atoms with Crippen molar-refractivity contribution in [2.24, 2.45) is 0 Å². The predicted molar refractivity (Wildman–Crippen MR) is 125 cm³/mol. The van der Waals surface area contributed by atoms with E-state index in [1.807, 2.05) is 6.92 Å². The number of hydrogen-bond donors (Lipinski definition) is 1. The number of carbonyl (C=O) groups is 1. The van der Waals surface area contributed by atoms with Crippen molar-refractivity contribution in [1.29, 1.82) is 0 Å². The topological polar surface area (TPSA) is 110 Å². The lowest BCUT2D eigenvalue weighted by molar-refractivity contribution is -0.125.